The number of aryl methyl sites for hydroxylation is 2. The lowest BCUT2D eigenvalue weighted by Crippen LogP contribution is -2.51. The van der Waals surface area contributed by atoms with Gasteiger partial charge in [-0.05, 0) is 43.0 Å². The van der Waals surface area contributed by atoms with E-state index in [1.165, 1.54) is 0 Å². The monoisotopic (exact) mass is 278 g/mol. The summed E-state index contributed by atoms with van der Waals surface area (Å²) in [6, 6.07) is 4.63. The number of carbonyl (C=O) groups excluding carboxylic acids is 2. The van der Waals surface area contributed by atoms with Gasteiger partial charge in [0.25, 0.3) is 5.91 Å². The number of hydrogen-bond acceptors (Lipinski definition) is 4. The maximum Gasteiger partial charge on any atom is 0.258 e. The van der Waals surface area contributed by atoms with Crippen molar-refractivity contribution in [3.8, 4) is 5.75 Å². The van der Waals surface area contributed by atoms with Crippen LogP contribution in [0.5, 0.6) is 5.75 Å². The maximum absolute atomic E-state index is 11.7. The van der Waals surface area contributed by atoms with Gasteiger partial charge in [0.1, 0.15) is 5.75 Å². The highest BCUT2D eigenvalue weighted by molar-refractivity contribution is 5.83. The van der Waals surface area contributed by atoms with Crippen LogP contribution in [-0.4, -0.2) is 24.5 Å². The number of aliphatic carboxylic acids is 1. The Hall–Kier alpha value is -2.04. The highest BCUT2D eigenvalue weighted by Crippen LogP contribution is 2.16. The minimum Gasteiger partial charge on any atom is -0.548 e. The summed E-state index contributed by atoms with van der Waals surface area (Å²) in [6.07, 6.45) is 0. The van der Waals surface area contributed by atoms with Crippen LogP contribution < -0.4 is 15.2 Å². The summed E-state index contributed by atoms with van der Waals surface area (Å²) in [4.78, 5) is 22.6. The Morgan fingerprint density at radius 2 is 1.75 bits per heavy atom. The zero-order chi connectivity index (χ0) is 15.3. The molecule has 5 heteroatoms. The second-order valence-electron chi connectivity index (χ2n) is 5.22. The summed E-state index contributed by atoms with van der Waals surface area (Å²) in [5.41, 5.74) is 2.07. The molecule has 1 aromatic rings. The fourth-order valence-corrected chi connectivity index (χ4v) is 1.88. The molecule has 0 aliphatic heterocycles. The van der Waals surface area contributed by atoms with Gasteiger partial charge in [-0.25, -0.2) is 0 Å². The predicted octanol–water partition coefficient (Wildman–Crippen LogP) is 0.573. The molecule has 1 aromatic carbocycles. The van der Waals surface area contributed by atoms with Crippen LogP contribution in [-0.2, 0) is 9.59 Å². The average Bonchev–Trinajstić information content (AvgIpc) is 2.31. The van der Waals surface area contributed by atoms with Crippen LogP contribution in [0.4, 0.5) is 0 Å². The van der Waals surface area contributed by atoms with E-state index < -0.39 is 17.9 Å². The van der Waals surface area contributed by atoms with E-state index >= 15 is 0 Å². The molecule has 0 radical (unpaired) electrons. The number of amides is 1. The largest absolute Gasteiger partial charge is 0.548 e. The quantitative estimate of drug-likeness (QED) is 0.825. The fourth-order valence-electron chi connectivity index (χ4n) is 1.88. The first-order valence-corrected chi connectivity index (χ1v) is 6.51. The van der Waals surface area contributed by atoms with Gasteiger partial charge in [-0.1, -0.05) is 19.9 Å². The van der Waals surface area contributed by atoms with Crippen molar-refractivity contribution in [3.05, 3.63) is 29.3 Å². The highest BCUT2D eigenvalue weighted by atomic mass is 16.5. The Morgan fingerprint density at radius 3 is 2.20 bits per heavy atom. The molecule has 0 saturated carbocycles. The standard InChI is InChI=1S/C15H21NO4/c1-9(2)14(15(18)19)16-13(17)8-20-12-6-10(3)5-11(4)7-12/h5-7,9,14H,8H2,1-4H3,(H,16,17)(H,18,19)/p-1/t14-/m1/s1. The molecule has 0 spiro atoms. The second-order valence-corrected chi connectivity index (χ2v) is 5.22. The lowest BCUT2D eigenvalue weighted by atomic mass is 10.1. The lowest BCUT2D eigenvalue weighted by molar-refractivity contribution is -0.309. The van der Waals surface area contributed by atoms with Crippen molar-refractivity contribution in [1.29, 1.82) is 0 Å². The van der Waals surface area contributed by atoms with Crippen molar-refractivity contribution in [2.24, 2.45) is 5.92 Å². The van der Waals surface area contributed by atoms with E-state index in [0.29, 0.717) is 5.75 Å². The van der Waals surface area contributed by atoms with Gasteiger partial charge in [0, 0.05) is 0 Å². The van der Waals surface area contributed by atoms with Crippen molar-refractivity contribution in [2.75, 3.05) is 6.61 Å². The van der Waals surface area contributed by atoms with E-state index in [9.17, 15) is 14.7 Å². The number of benzene rings is 1. The molecular formula is C15H20NO4-. The van der Waals surface area contributed by atoms with E-state index in [2.05, 4.69) is 5.32 Å². The number of carboxylic acids is 1. The van der Waals surface area contributed by atoms with E-state index in [1.807, 2.05) is 32.0 Å². The van der Waals surface area contributed by atoms with Crippen molar-refractivity contribution >= 4 is 11.9 Å². The van der Waals surface area contributed by atoms with Gasteiger partial charge in [0.05, 0.1) is 12.0 Å². The SMILES string of the molecule is Cc1cc(C)cc(OCC(=O)N[C@@H](C(=O)[O-])C(C)C)c1. The molecule has 110 valence electrons. The van der Waals surface area contributed by atoms with Crippen molar-refractivity contribution in [1.82, 2.24) is 5.32 Å². The summed E-state index contributed by atoms with van der Waals surface area (Å²) in [7, 11) is 0. The van der Waals surface area contributed by atoms with Crippen LogP contribution in [0.25, 0.3) is 0 Å². The molecular weight excluding hydrogens is 258 g/mol. The Kier molecular flexibility index (Phi) is 5.55. The molecule has 0 saturated heterocycles. The first kappa shape index (κ1) is 16.0. The number of hydrogen-bond donors (Lipinski definition) is 1. The minimum absolute atomic E-state index is 0.223. The van der Waals surface area contributed by atoms with Gasteiger partial charge in [-0.15, -0.1) is 0 Å². The van der Waals surface area contributed by atoms with Gasteiger partial charge in [0.2, 0.25) is 0 Å². The third kappa shape index (κ3) is 4.91. The molecule has 1 atom stereocenters. The van der Waals surface area contributed by atoms with Gasteiger partial charge < -0.3 is 20.0 Å². The molecule has 0 fully saturated rings. The second kappa shape index (κ2) is 6.93. The Labute approximate surface area is 118 Å². The molecule has 20 heavy (non-hydrogen) atoms. The molecule has 0 bridgehead atoms. The minimum atomic E-state index is -1.29. The Balaban J connectivity index is 2.56. The number of nitrogens with one attached hydrogen (secondary N) is 1. The smallest absolute Gasteiger partial charge is 0.258 e. The molecule has 0 aliphatic rings. The van der Waals surface area contributed by atoms with E-state index in [0.717, 1.165) is 11.1 Å². The number of carbonyl (C=O) groups is 2. The van der Waals surface area contributed by atoms with Crippen molar-refractivity contribution < 1.29 is 19.4 Å². The lowest BCUT2D eigenvalue weighted by Gasteiger charge is -2.23. The van der Waals surface area contributed by atoms with Crippen LogP contribution in [0.1, 0.15) is 25.0 Å². The van der Waals surface area contributed by atoms with Crippen molar-refractivity contribution in [2.45, 2.75) is 33.7 Å². The van der Waals surface area contributed by atoms with Gasteiger partial charge in [-0.3, -0.25) is 4.79 Å². The Morgan fingerprint density at radius 1 is 1.20 bits per heavy atom. The van der Waals surface area contributed by atoms with Gasteiger partial charge in [0.15, 0.2) is 6.61 Å². The molecule has 0 aromatic heterocycles. The van der Waals surface area contributed by atoms with Gasteiger partial charge >= 0.3 is 0 Å². The van der Waals surface area contributed by atoms with E-state index in [4.69, 9.17) is 4.74 Å². The molecule has 1 amide bonds. The molecule has 0 aliphatic carbocycles. The van der Waals surface area contributed by atoms with Crippen LogP contribution in [0, 0.1) is 19.8 Å². The van der Waals surface area contributed by atoms with Crippen LogP contribution in [0.2, 0.25) is 0 Å². The number of rotatable bonds is 6. The zero-order valence-corrected chi connectivity index (χ0v) is 12.2. The predicted molar refractivity (Wildman–Crippen MR) is 73.2 cm³/mol. The molecule has 1 N–H and O–H groups in total. The van der Waals surface area contributed by atoms with E-state index in [-0.39, 0.29) is 12.5 Å². The van der Waals surface area contributed by atoms with Crippen LogP contribution in [0.3, 0.4) is 0 Å². The number of carboxylic acid groups (broad SMARTS) is 1. The normalized spacial score (nSPS) is 12.1. The summed E-state index contributed by atoms with van der Waals surface area (Å²) in [5.74, 6) is -1.43. The summed E-state index contributed by atoms with van der Waals surface area (Å²) in [5, 5.41) is 13.3. The molecule has 5 nitrogen and oxygen atoms in total. The first-order valence-electron chi connectivity index (χ1n) is 6.51. The summed E-state index contributed by atoms with van der Waals surface area (Å²) < 4.78 is 5.36. The van der Waals surface area contributed by atoms with E-state index in [1.54, 1.807) is 13.8 Å². The van der Waals surface area contributed by atoms with Crippen molar-refractivity contribution in [3.63, 3.8) is 0 Å². The summed E-state index contributed by atoms with van der Waals surface area (Å²) in [6.45, 7) is 7.05. The fraction of sp³-hybridized carbons (Fsp3) is 0.467. The van der Waals surface area contributed by atoms with Crippen LogP contribution >= 0.6 is 0 Å². The third-order valence-corrected chi connectivity index (χ3v) is 2.80. The molecule has 1 rings (SSSR count). The first-order chi connectivity index (χ1) is 9.29. The van der Waals surface area contributed by atoms with Gasteiger partial charge in [-0.2, -0.15) is 0 Å². The third-order valence-electron chi connectivity index (χ3n) is 2.80. The summed E-state index contributed by atoms with van der Waals surface area (Å²) >= 11 is 0. The molecule has 0 heterocycles. The Bertz CT molecular complexity index is 476. The maximum atomic E-state index is 11.7. The zero-order valence-electron chi connectivity index (χ0n) is 12.2. The van der Waals surface area contributed by atoms with Crippen LogP contribution in [0.15, 0.2) is 18.2 Å². The average molecular weight is 278 g/mol. The highest BCUT2D eigenvalue weighted by Gasteiger charge is 2.17. The topological polar surface area (TPSA) is 78.5 Å². The number of ether oxygens (including phenoxy) is 1. The molecule has 0 unspecified atom stereocenters.